The Hall–Kier alpha value is -1.36. The van der Waals surface area contributed by atoms with Crippen LogP contribution in [0.5, 0.6) is 0 Å². The third kappa shape index (κ3) is 3.56. The van der Waals surface area contributed by atoms with E-state index in [2.05, 4.69) is 15.3 Å². The van der Waals surface area contributed by atoms with Gasteiger partial charge in [-0.2, -0.15) is 0 Å². The molecule has 3 N–H and O–H groups in total. The molecule has 0 aliphatic heterocycles. The minimum Gasteiger partial charge on any atom is -0.314 e. The Labute approximate surface area is 99.7 Å². The van der Waals surface area contributed by atoms with Crippen molar-refractivity contribution in [2.24, 2.45) is 5.92 Å². The standard InChI is InChI=1S/C12H19N3O2/c16-11-10(8-14-12(17)15-11)7-13-6-9-4-2-1-3-5-9/h8-9,13H,1-7H2,(H2,14,15,16,17). The van der Waals surface area contributed by atoms with Gasteiger partial charge >= 0.3 is 5.69 Å². The molecular formula is C12H19N3O2. The molecule has 1 fully saturated rings. The lowest BCUT2D eigenvalue weighted by molar-refractivity contribution is 0.341. The van der Waals surface area contributed by atoms with Crippen LogP contribution in [0.2, 0.25) is 0 Å². The van der Waals surface area contributed by atoms with Crippen LogP contribution >= 0.6 is 0 Å². The molecular weight excluding hydrogens is 218 g/mol. The number of aromatic amines is 2. The SMILES string of the molecule is O=c1[nH]cc(CNCC2CCCCC2)c(=O)[nH]1. The molecule has 1 aromatic heterocycles. The summed E-state index contributed by atoms with van der Waals surface area (Å²) in [6.07, 6.45) is 8.06. The fraction of sp³-hybridized carbons (Fsp3) is 0.667. The second-order valence-corrected chi connectivity index (χ2v) is 4.73. The average molecular weight is 237 g/mol. The van der Waals surface area contributed by atoms with E-state index < -0.39 is 5.69 Å². The molecule has 1 aromatic rings. The van der Waals surface area contributed by atoms with E-state index in [1.807, 2.05) is 0 Å². The number of nitrogens with one attached hydrogen (secondary N) is 3. The van der Waals surface area contributed by atoms with Crippen LogP contribution in [0, 0.1) is 5.92 Å². The zero-order valence-corrected chi connectivity index (χ0v) is 9.92. The summed E-state index contributed by atoms with van der Waals surface area (Å²) in [5.41, 5.74) is -0.170. The van der Waals surface area contributed by atoms with Crippen molar-refractivity contribution >= 4 is 0 Å². The van der Waals surface area contributed by atoms with Gasteiger partial charge in [0, 0.05) is 18.3 Å². The molecule has 0 aromatic carbocycles. The monoisotopic (exact) mass is 237 g/mol. The lowest BCUT2D eigenvalue weighted by atomic mass is 9.89. The Kier molecular flexibility index (Phi) is 4.14. The first-order valence-electron chi connectivity index (χ1n) is 6.27. The maximum Gasteiger partial charge on any atom is 0.325 e. The van der Waals surface area contributed by atoms with Gasteiger partial charge in [0.25, 0.3) is 5.56 Å². The van der Waals surface area contributed by atoms with Crippen LogP contribution in [0.25, 0.3) is 0 Å². The van der Waals surface area contributed by atoms with E-state index in [1.165, 1.54) is 38.3 Å². The van der Waals surface area contributed by atoms with Gasteiger partial charge in [0.05, 0.1) is 0 Å². The Bertz CT molecular complexity index is 457. The van der Waals surface area contributed by atoms with E-state index in [4.69, 9.17) is 0 Å². The Morgan fingerprint density at radius 2 is 2.00 bits per heavy atom. The Morgan fingerprint density at radius 3 is 2.71 bits per heavy atom. The molecule has 1 saturated carbocycles. The van der Waals surface area contributed by atoms with Crippen molar-refractivity contribution in [3.63, 3.8) is 0 Å². The molecule has 0 saturated heterocycles. The van der Waals surface area contributed by atoms with Crippen molar-refractivity contribution in [2.75, 3.05) is 6.54 Å². The highest BCUT2D eigenvalue weighted by molar-refractivity contribution is 5.02. The topological polar surface area (TPSA) is 77.8 Å². The molecule has 2 rings (SSSR count). The van der Waals surface area contributed by atoms with Crippen LogP contribution < -0.4 is 16.6 Å². The molecule has 0 unspecified atom stereocenters. The summed E-state index contributed by atoms with van der Waals surface area (Å²) in [6.45, 7) is 1.47. The number of aromatic nitrogens is 2. The van der Waals surface area contributed by atoms with Crippen molar-refractivity contribution in [3.05, 3.63) is 32.6 Å². The van der Waals surface area contributed by atoms with Crippen LogP contribution in [0.4, 0.5) is 0 Å². The second kappa shape index (κ2) is 5.82. The molecule has 17 heavy (non-hydrogen) atoms. The second-order valence-electron chi connectivity index (χ2n) is 4.73. The quantitative estimate of drug-likeness (QED) is 0.722. The van der Waals surface area contributed by atoms with E-state index in [0.29, 0.717) is 12.1 Å². The first kappa shape index (κ1) is 12.1. The summed E-state index contributed by atoms with van der Waals surface area (Å²) < 4.78 is 0. The van der Waals surface area contributed by atoms with Gasteiger partial charge < -0.3 is 10.3 Å². The maximum absolute atomic E-state index is 11.4. The van der Waals surface area contributed by atoms with Gasteiger partial charge in [-0.05, 0) is 25.3 Å². The summed E-state index contributed by atoms with van der Waals surface area (Å²) >= 11 is 0. The number of H-pyrrole nitrogens is 2. The van der Waals surface area contributed by atoms with Gasteiger partial charge in [-0.25, -0.2) is 4.79 Å². The molecule has 0 amide bonds. The molecule has 0 atom stereocenters. The zero-order chi connectivity index (χ0) is 12.1. The molecule has 1 aliphatic carbocycles. The summed E-state index contributed by atoms with van der Waals surface area (Å²) in [5, 5.41) is 3.29. The zero-order valence-electron chi connectivity index (χ0n) is 9.92. The van der Waals surface area contributed by atoms with Gasteiger partial charge in [0.1, 0.15) is 0 Å². The van der Waals surface area contributed by atoms with Crippen molar-refractivity contribution in [2.45, 2.75) is 38.6 Å². The largest absolute Gasteiger partial charge is 0.325 e. The van der Waals surface area contributed by atoms with Crippen molar-refractivity contribution in [1.29, 1.82) is 0 Å². The van der Waals surface area contributed by atoms with Crippen molar-refractivity contribution < 1.29 is 0 Å². The third-order valence-electron chi connectivity index (χ3n) is 3.37. The van der Waals surface area contributed by atoms with Gasteiger partial charge in [0.2, 0.25) is 0 Å². The van der Waals surface area contributed by atoms with Crippen LogP contribution in [0.15, 0.2) is 15.8 Å². The van der Waals surface area contributed by atoms with Gasteiger partial charge in [0.15, 0.2) is 0 Å². The number of hydrogen-bond donors (Lipinski definition) is 3. The molecule has 94 valence electrons. The van der Waals surface area contributed by atoms with Gasteiger partial charge in [-0.15, -0.1) is 0 Å². The lowest BCUT2D eigenvalue weighted by Gasteiger charge is -2.21. The fourth-order valence-electron chi connectivity index (χ4n) is 2.37. The van der Waals surface area contributed by atoms with E-state index in [-0.39, 0.29) is 5.56 Å². The normalized spacial score (nSPS) is 17.2. The predicted molar refractivity (Wildman–Crippen MR) is 66.0 cm³/mol. The summed E-state index contributed by atoms with van der Waals surface area (Å²) in [6, 6.07) is 0. The van der Waals surface area contributed by atoms with Crippen molar-refractivity contribution in [3.8, 4) is 0 Å². The average Bonchev–Trinajstić information content (AvgIpc) is 2.33. The van der Waals surface area contributed by atoms with Gasteiger partial charge in [-0.3, -0.25) is 9.78 Å². The van der Waals surface area contributed by atoms with Crippen LogP contribution in [-0.2, 0) is 6.54 Å². The first-order chi connectivity index (χ1) is 8.25. The smallest absolute Gasteiger partial charge is 0.314 e. The van der Waals surface area contributed by atoms with E-state index in [0.717, 1.165) is 12.5 Å². The van der Waals surface area contributed by atoms with E-state index >= 15 is 0 Å². The molecule has 1 heterocycles. The predicted octanol–water partition coefficient (Wildman–Crippen LogP) is 0.733. The summed E-state index contributed by atoms with van der Waals surface area (Å²) in [7, 11) is 0. The van der Waals surface area contributed by atoms with Crippen LogP contribution in [-0.4, -0.2) is 16.5 Å². The summed E-state index contributed by atoms with van der Waals surface area (Å²) in [4.78, 5) is 26.9. The summed E-state index contributed by atoms with van der Waals surface area (Å²) in [5.74, 6) is 0.741. The molecule has 1 aliphatic rings. The number of hydrogen-bond acceptors (Lipinski definition) is 3. The first-order valence-corrected chi connectivity index (χ1v) is 6.27. The minimum absolute atomic E-state index is 0.301. The minimum atomic E-state index is -0.453. The fourth-order valence-corrected chi connectivity index (χ4v) is 2.37. The third-order valence-corrected chi connectivity index (χ3v) is 3.37. The highest BCUT2D eigenvalue weighted by Crippen LogP contribution is 2.22. The lowest BCUT2D eigenvalue weighted by Crippen LogP contribution is -2.30. The van der Waals surface area contributed by atoms with E-state index in [9.17, 15) is 9.59 Å². The highest BCUT2D eigenvalue weighted by atomic mass is 16.2. The van der Waals surface area contributed by atoms with Crippen molar-refractivity contribution in [1.82, 2.24) is 15.3 Å². The molecule has 0 spiro atoms. The Morgan fingerprint density at radius 1 is 1.24 bits per heavy atom. The Balaban J connectivity index is 1.81. The van der Waals surface area contributed by atoms with Crippen LogP contribution in [0.1, 0.15) is 37.7 Å². The molecule has 0 radical (unpaired) electrons. The molecule has 5 heteroatoms. The van der Waals surface area contributed by atoms with Crippen LogP contribution in [0.3, 0.4) is 0 Å². The molecule has 0 bridgehead atoms. The van der Waals surface area contributed by atoms with E-state index in [1.54, 1.807) is 0 Å². The maximum atomic E-state index is 11.4. The highest BCUT2D eigenvalue weighted by Gasteiger charge is 2.12. The molecule has 5 nitrogen and oxygen atoms in total. The van der Waals surface area contributed by atoms with Gasteiger partial charge in [-0.1, -0.05) is 19.3 Å². The number of rotatable bonds is 4.